The Morgan fingerprint density at radius 3 is 2.18 bits per heavy atom. The minimum atomic E-state index is -0.702. The third kappa shape index (κ3) is 4.59. The molecule has 1 unspecified atom stereocenters. The van der Waals surface area contributed by atoms with Crippen molar-refractivity contribution in [3.05, 3.63) is 12.1 Å². The van der Waals surface area contributed by atoms with Crippen molar-refractivity contribution in [3.63, 3.8) is 0 Å². The molecule has 4 rings (SSSR count). The molecule has 1 aliphatic heterocycles. The molecule has 34 heavy (non-hydrogen) atoms. The highest BCUT2D eigenvalue weighted by atomic mass is 16.5. The maximum absolute atomic E-state index is 13.5. The van der Waals surface area contributed by atoms with Crippen LogP contribution in [0.2, 0.25) is 0 Å². The highest BCUT2D eigenvalue weighted by molar-refractivity contribution is 5.89. The van der Waals surface area contributed by atoms with E-state index in [-0.39, 0.29) is 23.7 Å². The van der Waals surface area contributed by atoms with Crippen LogP contribution in [0.15, 0.2) is 12.1 Å². The fourth-order valence-electron chi connectivity index (χ4n) is 5.20. The summed E-state index contributed by atoms with van der Waals surface area (Å²) in [4.78, 5) is 30.5. The largest absolute Gasteiger partial charge is 0.493 e. The zero-order valence-corrected chi connectivity index (χ0v) is 20.3. The zero-order chi connectivity index (χ0) is 24.3. The van der Waals surface area contributed by atoms with E-state index in [4.69, 9.17) is 14.2 Å². The van der Waals surface area contributed by atoms with Crippen LogP contribution >= 0.6 is 0 Å². The number of rotatable bonds is 7. The van der Waals surface area contributed by atoms with E-state index in [0.29, 0.717) is 62.7 Å². The van der Waals surface area contributed by atoms with Gasteiger partial charge in [-0.05, 0) is 37.8 Å². The molecule has 1 N–H and O–H groups in total. The van der Waals surface area contributed by atoms with E-state index >= 15 is 0 Å². The molecule has 1 aromatic rings. The van der Waals surface area contributed by atoms with E-state index in [1.807, 2.05) is 17.0 Å². The van der Waals surface area contributed by atoms with E-state index in [2.05, 4.69) is 16.3 Å². The summed E-state index contributed by atoms with van der Waals surface area (Å²) in [5.41, 5.74) is 0.195. The molecule has 1 aromatic carbocycles. The SMILES string of the molecule is COc1ccc(N2CCN(C(=O)[C@@H]3CCCCC3C(=O)NC3(C#N)CC3)CC2)c(OC)c1OC. The average molecular weight is 471 g/mol. The Morgan fingerprint density at radius 1 is 0.971 bits per heavy atom. The topological polar surface area (TPSA) is 104 Å². The molecule has 3 fully saturated rings. The van der Waals surface area contributed by atoms with Gasteiger partial charge in [0.15, 0.2) is 11.5 Å². The average Bonchev–Trinajstić information content (AvgIpc) is 3.67. The first kappa shape index (κ1) is 24.0. The molecule has 3 aliphatic rings. The lowest BCUT2D eigenvalue weighted by Crippen LogP contribution is -2.53. The van der Waals surface area contributed by atoms with Crippen LogP contribution in [0.1, 0.15) is 38.5 Å². The standard InChI is InChI=1S/C25H34N4O5/c1-32-20-9-8-19(21(33-2)22(20)34-3)28-12-14-29(15-13-28)24(31)18-7-5-4-6-17(18)23(30)27-25(16-26)10-11-25/h8-9,17-18H,4-7,10-15H2,1-3H3,(H,27,30)/t17?,18-/m1/s1. The number of hydrogen-bond acceptors (Lipinski definition) is 7. The monoisotopic (exact) mass is 470 g/mol. The number of benzene rings is 1. The van der Waals surface area contributed by atoms with Gasteiger partial charge in [-0.2, -0.15) is 5.26 Å². The Hall–Kier alpha value is -3.15. The lowest BCUT2D eigenvalue weighted by molar-refractivity contribution is -0.144. The Labute approximate surface area is 200 Å². The quantitative estimate of drug-likeness (QED) is 0.652. The van der Waals surface area contributed by atoms with Crippen LogP contribution in [0.5, 0.6) is 17.2 Å². The van der Waals surface area contributed by atoms with Gasteiger partial charge in [-0.1, -0.05) is 12.8 Å². The van der Waals surface area contributed by atoms with Gasteiger partial charge in [-0.25, -0.2) is 0 Å². The zero-order valence-electron chi connectivity index (χ0n) is 20.3. The van der Waals surface area contributed by atoms with E-state index in [1.165, 1.54) is 0 Å². The third-order valence-electron chi connectivity index (χ3n) is 7.36. The molecule has 2 atom stereocenters. The summed E-state index contributed by atoms with van der Waals surface area (Å²) in [6.07, 6.45) is 4.71. The van der Waals surface area contributed by atoms with Gasteiger partial charge in [0.05, 0.1) is 33.1 Å². The Bertz CT molecular complexity index is 963. The number of carbonyl (C=O) groups is 2. The van der Waals surface area contributed by atoms with Crippen molar-refractivity contribution in [1.82, 2.24) is 10.2 Å². The Kier molecular flexibility index (Phi) is 7.05. The molecule has 9 heteroatoms. The molecule has 2 aliphatic carbocycles. The fraction of sp³-hybridized carbons (Fsp3) is 0.640. The second kappa shape index (κ2) is 10.00. The number of carbonyl (C=O) groups excluding carboxylic acids is 2. The van der Waals surface area contributed by atoms with Crippen LogP contribution in [0.3, 0.4) is 0 Å². The first-order valence-corrected chi connectivity index (χ1v) is 12.0. The van der Waals surface area contributed by atoms with Crippen molar-refractivity contribution in [2.24, 2.45) is 11.8 Å². The summed E-state index contributed by atoms with van der Waals surface area (Å²) >= 11 is 0. The number of nitrogens with one attached hydrogen (secondary N) is 1. The van der Waals surface area contributed by atoms with Gasteiger partial charge in [0.2, 0.25) is 17.6 Å². The fourth-order valence-corrected chi connectivity index (χ4v) is 5.20. The van der Waals surface area contributed by atoms with Crippen molar-refractivity contribution in [1.29, 1.82) is 5.26 Å². The van der Waals surface area contributed by atoms with Crippen LogP contribution < -0.4 is 24.4 Å². The Morgan fingerprint density at radius 2 is 1.62 bits per heavy atom. The molecular formula is C25H34N4O5. The summed E-state index contributed by atoms with van der Waals surface area (Å²) in [5.74, 6) is 1.01. The van der Waals surface area contributed by atoms with Crippen LogP contribution in [0.25, 0.3) is 0 Å². The van der Waals surface area contributed by atoms with Gasteiger partial charge >= 0.3 is 0 Å². The van der Waals surface area contributed by atoms with E-state index < -0.39 is 5.54 Å². The highest BCUT2D eigenvalue weighted by Gasteiger charge is 2.47. The van der Waals surface area contributed by atoms with E-state index in [1.54, 1.807) is 21.3 Å². The van der Waals surface area contributed by atoms with Crippen LogP contribution in [-0.2, 0) is 9.59 Å². The second-order valence-corrected chi connectivity index (χ2v) is 9.35. The van der Waals surface area contributed by atoms with E-state index in [0.717, 1.165) is 24.9 Å². The molecule has 9 nitrogen and oxygen atoms in total. The van der Waals surface area contributed by atoms with Crippen molar-refractivity contribution in [3.8, 4) is 23.3 Å². The number of nitrogens with zero attached hydrogens (tertiary/aromatic N) is 3. The highest BCUT2D eigenvalue weighted by Crippen LogP contribution is 2.44. The molecule has 184 valence electrons. The molecular weight excluding hydrogens is 436 g/mol. The van der Waals surface area contributed by atoms with Gasteiger partial charge in [0, 0.05) is 38.0 Å². The molecule has 0 aromatic heterocycles. The molecule has 0 bridgehead atoms. The number of ether oxygens (including phenoxy) is 3. The summed E-state index contributed by atoms with van der Waals surface area (Å²) in [5, 5.41) is 12.3. The summed E-state index contributed by atoms with van der Waals surface area (Å²) < 4.78 is 16.5. The summed E-state index contributed by atoms with van der Waals surface area (Å²) in [6.45, 7) is 2.45. The predicted molar refractivity (Wildman–Crippen MR) is 126 cm³/mol. The smallest absolute Gasteiger partial charge is 0.226 e. The van der Waals surface area contributed by atoms with Crippen molar-refractivity contribution < 1.29 is 23.8 Å². The van der Waals surface area contributed by atoms with E-state index in [9.17, 15) is 14.9 Å². The second-order valence-electron chi connectivity index (χ2n) is 9.35. The van der Waals surface area contributed by atoms with Crippen molar-refractivity contribution in [2.45, 2.75) is 44.1 Å². The minimum Gasteiger partial charge on any atom is -0.493 e. The first-order valence-electron chi connectivity index (χ1n) is 12.0. The van der Waals surface area contributed by atoms with Gasteiger partial charge in [-0.15, -0.1) is 0 Å². The maximum atomic E-state index is 13.5. The van der Waals surface area contributed by atoms with Crippen LogP contribution in [-0.4, -0.2) is 69.8 Å². The van der Waals surface area contributed by atoms with Crippen molar-refractivity contribution in [2.75, 3.05) is 52.4 Å². The number of methoxy groups -OCH3 is 3. The normalized spacial score (nSPS) is 23.5. The summed E-state index contributed by atoms with van der Waals surface area (Å²) in [7, 11) is 4.77. The summed E-state index contributed by atoms with van der Waals surface area (Å²) in [6, 6.07) is 6.02. The van der Waals surface area contributed by atoms with Crippen molar-refractivity contribution >= 4 is 17.5 Å². The molecule has 0 radical (unpaired) electrons. The first-order chi connectivity index (χ1) is 16.5. The van der Waals surface area contributed by atoms with Gasteiger partial charge < -0.3 is 29.3 Å². The third-order valence-corrected chi connectivity index (χ3v) is 7.36. The lowest BCUT2D eigenvalue weighted by atomic mass is 9.77. The number of piperazine rings is 1. The van der Waals surface area contributed by atoms with Gasteiger partial charge in [0.1, 0.15) is 5.54 Å². The van der Waals surface area contributed by atoms with Gasteiger partial charge in [0.25, 0.3) is 0 Å². The van der Waals surface area contributed by atoms with Crippen LogP contribution in [0, 0.1) is 23.2 Å². The predicted octanol–water partition coefficient (Wildman–Crippen LogP) is 2.34. The number of amides is 2. The molecule has 1 heterocycles. The lowest BCUT2D eigenvalue weighted by Gasteiger charge is -2.40. The molecule has 2 amide bonds. The van der Waals surface area contributed by atoms with Gasteiger partial charge in [-0.3, -0.25) is 9.59 Å². The number of nitriles is 1. The number of anilines is 1. The minimum absolute atomic E-state index is 0.0561. The molecule has 1 saturated heterocycles. The number of hydrogen-bond donors (Lipinski definition) is 1. The molecule has 0 spiro atoms. The Balaban J connectivity index is 1.42. The maximum Gasteiger partial charge on any atom is 0.226 e. The van der Waals surface area contributed by atoms with Crippen LogP contribution in [0.4, 0.5) is 5.69 Å². The molecule has 2 saturated carbocycles.